The van der Waals surface area contributed by atoms with E-state index in [1.807, 2.05) is 6.92 Å². The number of benzene rings is 1. The van der Waals surface area contributed by atoms with Gasteiger partial charge in [-0.05, 0) is 147 Å². The molecule has 0 spiro atoms. The molecular weight excluding hydrogens is 568 g/mol. The monoisotopic (exact) mass is 630 g/mol. The zero-order chi connectivity index (χ0) is 33.8. The minimum atomic E-state index is -0.853. The van der Waals surface area contributed by atoms with Gasteiger partial charge in [-0.15, -0.1) is 0 Å². The quantitative estimate of drug-likeness (QED) is 0.210. The molecule has 0 bridgehead atoms. The average Bonchev–Trinajstić information content (AvgIpc) is 3.25. The maximum absolute atomic E-state index is 13.3. The van der Waals surface area contributed by atoms with Gasteiger partial charge in [-0.3, -0.25) is 0 Å². The molecule has 0 aromatic heterocycles. The van der Waals surface area contributed by atoms with Crippen LogP contribution < -0.4 is 0 Å². The lowest BCUT2D eigenvalue weighted by Crippen LogP contribution is -2.65. The number of aryl methyl sites for hydroxylation is 1. The van der Waals surface area contributed by atoms with Gasteiger partial charge >= 0.3 is 5.97 Å². The molecule has 4 aliphatic rings. The summed E-state index contributed by atoms with van der Waals surface area (Å²) in [4.78, 5) is 13.3. The fraction of sp³-hybridized carbons (Fsp3) is 0.690. The molecule has 0 aliphatic heterocycles. The van der Waals surface area contributed by atoms with Gasteiger partial charge in [-0.25, -0.2) is 4.79 Å². The van der Waals surface area contributed by atoms with Crippen molar-refractivity contribution in [1.29, 1.82) is 0 Å². The van der Waals surface area contributed by atoms with Crippen LogP contribution >= 0.6 is 0 Å². The molecule has 0 heterocycles. The molecule has 46 heavy (non-hydrogen) atoms. The van der Waals surface area contributed by atoms with Crippen LogP contribution in [0.5, 0.6) is 0 Å². The Balaban J connectivity index is 1.55. The van der Waals surface area contributed by atoms with Crippen molar-refractivity contribution in [3.63, 3.8) is 0 Å². The topological polar surface area (TPSA) is 66.8 Å². The number of aliphatic carboxylic acids is 1. The second-order valence-electron chi connectivity index (χ2n) is 16.9. The summed E-state index contributed by atoms with van der Waals surface area (Å²) in [6.45, 7) is 24.6. The molecule has 1 unspecified atom stereocenters. The first-order chi connectivity index (χ1) is 21.6. The van der Waals surface area contributed by atoms with E-state index in [4.69, 9.17) is 4.74 Å². The Kier molecular flexibility index (Phi) is 9.84. The van der Waals surface area contributed by atoms with Crippen molar-refractivity contribution in [2.45, 2.75) is 139 Å². The van der Waals surface area contributed by atoms with Crippen molar-refractivity contribution in [3.8, 4) is 0 Å². The summed E-state index contributed by atoms with van der Waals surface area (Å²) in [6.07, 6.45) is 8.51. The lowest BCUT2D eigenvalue weighted by atomic mass is 9.36. The smallest absolute Gasteiger partial charge is 0.331 e. The first kappa shape index (κ1) is 35.0. The summed E-state index contributed by atoms with van der Waals surface area (Å²) in [5.41, 5.74) is 6.12. The van der Waals surface area contributed by atoms with Gasteiger partial charge in [0.2, 0.25) is 0 Å². The number of aliphatic hydroxyl groups excluding tert-OH is 1. The third kappa shape index (κ3) is 5.73. The molecular formula is C42H62O4. The van der Waals surface area contributed by atoms with Crippen molar-refractivity contribution in [1.82, 2.24) is 0 Å². The molecule has 4 saturated carbocycles. The van der Waals surface area contributed by atoms with Crippen molar-refractivity contribution >= 4 is 11.5 Å². The number of ether oxygens (including phenoxy) is 1. The molecule has 4 fully saturated rings. The molecule has 4 aliphatic carbocycles. The van der Waals surface area contributed by atoms with E-state index in [1.54, 1.807) is 0 Å². The van der Waals surface area contributed by atoms with Gasteiger partial charge in [0.05, 0.1) is 11.9 Å². The summed E-state index contributed by atoms with van der Waals surface area (Å²) in [5, 5.41) is 23.1. The Morgan fingerprint density at radius 3 is 2.26 bits per heavy atom. The summed E-state index contributed by atoms with van der Waals surface area (Å²) in [5.74, 6) is 1.93. The van der Waals surface area contributed by atoms with Crippen molar-refractivity contribution in [2.24, 2.45) is 45.8 Å². The van der Waals surface area contributed by atoms with Crippen molar-refractivity contribution < 1.29 is 19.7 Å². The number of allylic oxidation sites excluding steroid dienone is 3. The van der Waals surface area contributed by atoms with Crippen LogP contribution in [0.4, 0.5) is 0 Å². The molecule has 5 rings (SSSR count). The Labute approximate surface area is 279 Å². The van der Waals surface area contributed by atoms with Gasteiger partial charge in [0.1, 0.15) is 6.10 Å². The van der Waals surface area contributed by atoms with E-state index in [-0.39, 0.29) is 34.2 Å². The van der Waals surface area contributed by atoms with Gasteiger partial charge < -0.3 is 14.9 Å². The average molecular weight is 631 g/mol. The van der Waals surface area contributed by atoms with Crippen LogP contribution in [-0.4, -0.2) is 28.4 Å². The van der Waals surface area contributed by atoms with Gasteiger partial charge in [0.15, 0.2) is 0 Å². The van der Waals surface area contributed by atoms with Crippen LogP contribution in [0.25, 0.3) is 5.57 Å². The molecule has 1 aromatic carbocycles. The van der Waals surface area contributed by atoms with Gasteiger partial charge in [0.25, 0.3) is 0 Å². The van der Waals surface area contributed by atoms with Crippen LogP contribution in [0.2, 0.25) is 0 Å². The number of rotatable bonds is 9. The van der Waals surface area contributed by atoms with Crippen LogP contribution in [0.3, 0.4) is 0 Å². The first-order valence-corrected chi connectivity index (χ1v) is 18.3. The normalized spacial score (nSPS) is 39.5. The third-order valence-corrected chi connectivity index (χ3v) is 14.2. The van der Waals surface area contributed by atoms with E-state index in [0.717, 1.165) is 37.2 Å². The Hall–Kier alpha value is -2.33. The Morgan fingerprint density at radius 2 is 1.67 bits per heavy atom. The highest BCUT2D eigenvalue weighted by Crippen LogP contribution is 2.74. The maximum Gasteiger partial charge on any atom is 0.331 e. The van der Waals surface area contributed by atoms with E-state index < -0.39 is 12.1 Å². The first-order valence-electron chi connectivity index (χ1n) is 18.3. The second kappa shape index (κ2) is 12.9. The van der Waals surface area contributed by atoms with Crippen molar-refractivity contribution in [2.75, 3.05) is 0 Å². The van der Waals surface area contributed by atoms with Crippen LogP contribution in [0.1, 0.15) is 131 Å². The standard InChI is InChI=1S/C42H62O4/c1-11-12-29-13-15-30(16-14-29)31(25(2)3)17-18-32(39(44)45)37-34-23-35(43)38-40(8)21-19-27(6)28(7)33(40)20-22-41(38,9)42(34,10)24-36(37)46-26(4)5/h13-16,27-28,33-36,38,43H,4,11-12,17-24H2,1-3,5-10H3,(H,44,45)/b37-32+/t27-,28+,33+,34+,35-,36?,38+,40+,41+,42+/m1/s1. The number of hydrogen-bond donors (Lipinski definition) is 2. The fourth-order valence-corrected chi connectivity index (χ4v) is 11.6. The summed E-state index contributed by atoms with van der Waals surface area (Å²) >= 11 is 0. The maximum atomic E-state index is 13.3. The molecule has 254 valence electrons. The highest BCUT2D eigenvalue weighted by atomic mass is 16.5. The van der Waals surface area contributed by atoms with Crippen LogP contribution in [0.15, 0.2) is 53.3 Å². The number of aliphatic hydroxyl groups is 1. The van der Waals surface area contributed by atoms with E-state index in [2.05, 4.69) is 86.2 Å². The molecule has 0 saturated heterocycles. The summed E-state index contributed by atoms with van der Waals surface area (Å²) in [6, 6.07) is 8.81. The predicted molar refractivity (Wildman–Crippen MR) is 189 cm³/mol. The number of carboxylic acids is 1. The van der Waals surface area contributed by atoms with E-state index >= 15 is 0 Å². The Morgan fingerprint density at radius 1 is 1.00 bits per heavy atom. The molecule has 1 aromatic rings. The third-order valence-electron chi connectivity index (χ3n) is 14.2. The minimum Gasteiger partial charge on any atom is -0.491 e. The van der Waals surface area contributed by atoms with Crippen LogP contribution in [0, 0.1) is 45.8 Å². The highest BCUT2D eigenvalue weighted by molar-refractivity contribution is 5.88. The van der Waals surface area contributed by atoms with E-state index in [0.29, 0.717) is 42.4 Å². The molecule has 4 nitrogen and oxygen atoms in total. The summed E-state index contributed by atoms with van der Waals surface area (Å²) in [7, 11) is 0. The van der Waals surface area contributed by atoms with Gasteiger partial charge in [-0.2, -0.15) is 0 Å². The fourth-order valence-electron chi connectivity index (χ4n) is 11.6. The molecule has 10 atom stereocenters. The molecule has 2 N–H and O–H groups in total. The Bertz CT molecular complexity index is 1380. The summed E-state index contributed by atoms with van der Waals surface area (Å²) < 4.78 is 6.50. The molecule has 4 heteroatoms. The highest BCUT2D eigenvalue weighted by Gasteiger charge is 2.70. The minimum absolute atomic E-state index is 0.0391. The van der Waals surface area contributed by atoms with Gasteiger partial charge in [-0.1, -0.05) is 84.4 Å². The second-order valence-corrected chi connectivity index (χ2v) is 16.9. The number of fused-ring (bicyclic) bond motifs is 5. The van der Waals surface area contributed by atoms with Crippen LogP contribution in [-0.2, 0) is 16.0 Å². The van der Waals surface area contributed by atoms with E-state index in [1.165, 1.54) is 41.5 Å². The van der Waals surface area contributed by atoms with Gasteiger partial charge in [0, 0.05) is 5.57 Å². The number of carbonyl (C=O) groups is 1. The molecule has 0 amide bonds. The number of hydrogen-bond acceptors (Lipinski definition) is 3. The SMILES string of the molecule is C=C(C)OC1C[C@@]2(C)[C@@H](C[C@@H](O)[C@H]3[C@@]4(C)CC[C@@H](C)[C@H](C)[C@@H]4CC[C@@]32C)/C1=C(/CCC(=C(C)C)c1ccc(CCC)cc1)C(=O)O. The lowest BCUT2D eigenvalue weighted by Gasteiger charge is -2.69. The predicted octanol–water partition coefficient (Wildman–Crippen LogP) is 10.4. The zero-order valence-corrected chi connectivity index (χ0v) is 30.3. The van der Waals surface area contributed by atoms with Crippen molar-refractivity contribution in [3.05, 3.63) is 64.4 Å². The lowest BCUT2D eigenvalue weighted by molar-refractivity contribution is -0.229. The zero-order valence-electron chi connectivity index (χ0n) is 30.3. The number of carboxylic acid groups (broad SMARTS) is 1. The molecule has 0 radical (unpaired) electrons. The largest absolute Gasteiger partial charge is 0.491 e. The van der Waals surface area contributed by atoms with E-state index in [9.17, 15) is 15.0 Å².